The minimum Gasteiger partial charge on any atom is -1.00 e. The second-order valence-electron chi connectivity index (χ2n) is 5.71. The predicted octanol–water partition coefficient (Wildman–Crippen LogP) is -1.95. The molecule has 0 aromatic heterocycles. The molecule has 15 heteroatoms. The Balaban J connectivity index is 0. The summed E-state index contributed by atoms with van der Waals surface area (Å²) in [5, 5.41) is 27.4. The Morgan fingerprint density at radius 2 is 1.35 bits per heavy atom. The minimum absolute atomic E-state index is 0. The van der Waals surface area contributed by atoms with E-state index in [0.717, 1.165) is 12.1 Å². The largest absolute Gasteiger partial charge is 1.00 e. The summed E-state index contributed by atoms with van der Waals surface area (Å²) >= 11 is 5.76. The van der Waals surface area contributed by atoms with Gasteiger partial charge in [-0.3, -0.25) is 9.11 Å². The molecule has 0 fully saturated rings. The quantitative estimate of drug-likeness (QED) is 0.179. The molecule has 0 aliphatic heterocycles. The molecule has 0 heterocycles. The molecule has 3 aromatic rings. The molecule has 156 valence electrons. The molecular weight excluding hydrogens is 494 g/mol. The van der Waals surface area contributed by atoms with Gasteiger partial charge < -0.3 is 13.1 Å². The molecule has 0 radical (unpaired) electrons. The summed E-state index contributed by atoms with van der Waals surface area (Å²) in [4.78, 5) is -1.12. The SMILES string of the molecule is O=S(=O)(O)c1cc(O)c(N=Nc2ccc3c(S(=O)(=O)O)cccc3c2O)cc1Cl.[H-].[H-].[Na+].[Na+]. The summed E-state index contributed by atoms with van der Waals surface area (Å²) in [6.45, 7) is 0. The second kappa shape index (κ2) is 10.4. The molecule has 0 aliphatic carbocycles. The Kier molecular flexibility index (Phi) is 9.52. The van der Waals surface area contributed by atoms with Gasteiger partial charge in [-0.05, 0) is 18.2 Å². The van der Waals surface area contributed by atoms with E-state index in [4.69, 9.17) is 16.2 Å². The molecule has 0 bridgehead atoms. The van der Waals surface area contributed by atoms with Crippen LogP contribution < -0.4 is 59.1 Å². The van der Waals surface area contributed by atoms with E-state index in [1.54, 1.807) is 0 Å². The van der Waals surface area contributed by atoms with Gasteiger partial charge >= 0.3 is 59.1 Å². The third-order valence-electron chi connectivity index (χ3n) is 3.82. The fraction of sp³-hybridized carbons (Fsp3) is 0. The molecule has 31 heavy (non-hydrogen) atoms. The van der Waals surface area contributed by atoms with Crippen molar-refractivity contribution in [1.29, 1.82) is 0 Å². The number of hydrogen-bond acceptors (Lipinski definition) is 8. The van der Waals surface area contributed by atoms with Crippen LogP contribution in [0.1, 0.15) is 2.85 Å². The molecule has 0 saturated heterocycles. The van der Waals surface area contributed by atoms with Crippen LogP contribution in [-0.4, -0.2) is 36.2 Å². The Labute approximate surface area is 229 Å². The first-order valence-electron chi connectivity index (χ1n) is 7.53. The Morgan fingerprint density at radius 3 is 1.94 bits per heavy atom. The minimum atomic E-state index is -4.66. The summed E-state index contributed by atoms with van der Waals surface area (Å²) in [6, 6.07) is 8.01. The van der Waals surface area contributed by atoms with Gasteiger partial charge in [0.25, 0.3) is 20.2 Å². The van der Waals surface area contributed by atoms with Crippen LogP contribution in [0.15, 0.2) is 62.5 Å². The van der Waals surface area contributed by atoms with E-state index < -0.39 is 46.5 Å². The second-order valence-corrected chi connectivity index (χ2v) is 8.89. The fourth-order valence-corrected chi connectivity index (χ4v) is 4.25. The van der Waals surface area contributed by atoms with Crippen LogP contribution in [0.5, 0.6) is 11.5 Å². The zero-order valence-electron chi connectivity index (χ0n) is 18.1. The van der Waals surface area contributed by atoms with Gasteiger partial charge in [0.05, 0.1) is 5.02 Å². The maximum absolute atomic E-state index is 11.5. The number of phenols is 2. The molecule has 0 atom stereocenters. The van der Waals surface area contributed by atoms with Crippen molar-refractivity contribution in [3.63, 3.8) is 0 Å². The van der Waals surface area contributed by atoms with Crippen molar-refractivity contribution in [3.05, 3.63) is 47.5 Å². The monoisotopic (exact) mass is 506 g/mol. The third kappa shape index (κ3) is 6.18. The molecule has 0 saturated carbocycles. The number of hydrogen-bond donors (Lipinski definition) is 4. The number of nitrogens with zero attached hydrogens (tertiary/aromatic N) is 2. The van der Waals surface area contributed by atoms with Crippen LogP contribution in [0.4, 0.5) is 11.4 Å². The topological polar surface area (TPSA) is 174 Å². The molecule has 4 N–H and O–H groups in total. The Hall–Kier alpha value is -0.770. The van der Waals surface area contributed by atoms with E-state index in [1.165, 1.54) is 24.3 Å². The maximum atomic E-state index is 11.5. The maximum Gasteiger partial charge on any atom is 1.00 e. The zero-order valence-corrected chi connectivity index (χ0v) is 22.4. The van der Waals surface area contributed by atoms with Gasteiger partial charge in [-0.1, -0.05) is 29.8 Å². The Bertz CT molecular complexity index is 1410. The smallest absolute Gasteiger partial charge is 1.00 e. The van der Waals surface area contributed by atoms with Crippen molar-refractivity contribution in [2.24, 2.45) is 10.2 Å². The van der Waals surface area contributed by atoms with E-state index in [1.807, 2.05) is 0 Å². The van der Waals surface area contributed by atoms with Crippen molar-refractivity contribution >= 4 is 54.0 Å². The van der Waals surface area contributed by atoms with Crippen molar-refractivity contribution < 1.29 is 98.1 Å². The van der Waals surface area contributed by atoms with E-state index in [9.17, 15) is 31.6 Å². The predicted molar refractivity (Wildman–Crippen MR) is 105 cm³/mol. The third-order valence-corrected chi connectivity index (χ3v) is 6.05. The number of rotatable bonds is 4. The molecule has 0 amide bonds. The van der Waals surface area contributed by atoms with Crippen LogP contribution in [0.2, 0.25) is 5.02 Å². The van der Waals surface area contributed by atoms with E-state index >= 15 is 0 Å². The Morgan fingerprint density at radius 1 is 0.774 bits per heavy atom. The van der Waals surface area contributed by atoms with Crippen molar-refractivity contribution in [2.75, 3.05) is 0 Å². The normalized spacial score (nSPS) is 11.8. The average Bonchev–Trinajstić information content (AvgIpc) is 2.61. The van der Waals surface area contributed by atoms with Crippen LogP contribution >= 0.6 is 11.6 Å². The molecular formula is C16H13ClN2Na2O8S2. The van der Waals surface area contributed by atoms with Gasteiger partial charge in [0.2, 0.25) is 0 Å². The van der Waals surface area contributed by atoms with Crippen LogP contribution in [0, 0.1) is 0 Å². The molecule has 0 spiro atoms. The van der Waals surface area contributed by atoms with Crippen LogP contribution in [0.25, 0.3) is 10.8 Å². The van der Waals surface area contributed by atoms with E-state index in [2.05, 4.69) is 10.2 Å². The first-order chi connectivity index (χ1) is 13.4. The van der Waals surface area contributed by atoms with Gasteiger partial charge in [-0.2, -0.15) is 16.8 Å². The van der Waals surface area contributed by atoms with Crippen LogP contribution in [-0.2, 0) is 20.2 Å². The number of aromatic hydroxyl groups is 2. The fourth-order valence-electron chi connectivity index (χ4n) is 2.52. The molecule has 10 nitrogen and oxygen atoms in total. The summed E-state index contributed by atoms with van der Waals surface area (Å²) in [6.07, 6.45) is 0. The standard InChI is InChI=1S/C16H11ClN2O8S2.2Na.2H/c17-10-6-12(13(20)7-15(10)29(25,26)27)19-18-11-5-4-8-9(16(11)21)2-1-3-14(8)28(22,23)24;;;;/h1-7,20-21H,(H,22,23,24)(H,25,26,27);;;;/q;2*+1;2*-1. The number of benzene rings is 3. The average molecular weight is 507 g/mol. The first-order valence-corrected chi connectivity index (χ1v) is 10.8. The van der Waals surface area contributed by atoms with Gasteiger partial charge in [-0.15, -0.1) is 10.2 Å². The zero-order chi connectivity index (χ0) is 21.6. The number of phenolic OH excluding ortho intramolecular Hbond substituents is 2. The summed E-state index contributed by atoms with van der Waals surface area (Å²) in [5.74, 6) is -1.10. The summed E-state index contributed by atoms with van der Waals surface area (Å²) in [7, 11) is -9.18. The van der Waals surface area contributed by atoms with E-state index in [-0.39, 0.29) is 84.1 Å². The first kappa shape index (κ1) is 28.3. The summed E-state index contributed by atoms with van der Waals surface area (Å²) in [5.41, 5.74) is -0.368. The number of azo groups is 1. The van der Waals surface area contributed by atoms with Crippen molar-refractivity contribution in [3.8, 4) is 11.5 Å². The van der Waals surface area contributed by atoms with Gasteiger partial charge in [0.15, 0.2) is 5.75 Å². The van der Waals surface area contributed by atoms with Gasteiger partial charge in [0, 0.05) is 16.8 Å². The van der Waals surface area contributed by atoms with Crippen molar-refractivity contribution in [1.82, 2.24) is 0 Å². The number of fused-ring (bicyclic) bond motifs is 1. The molecule has 3 rings (SSSR count). The van der Waals surface area contributed by atoms with Gasteiger partial charge in [0.1, 0.15) is 26.9 Å². The van der Waals surface area contributed by atoms with Crippen molar-refractivity contribution in [2.45, 2.75) is 9.79 Å². The molecule has 3 aromatic carbocycles. The van der Waals surface area contributed by atoms with E-state index in [0.29, 0.717) is 6.07 Å². The van der Waals surface area contributed by atoms with Crippen LogP contribution in [0.3, 0.4) is 0 Å². The molecule has 0 aliphatic rings. The number of halogens is 1. The van der Waals surface area contributed by atoms with Gasteiger partial charge in [-0.25, -0.2) is 0 Å². The molecule has 0 unspecified atom stereocenters. The summed E-state index contributed by atoms with van der Waals surface area (Å²) < 4.78 is 63.6.